The third kappa shape index (κ3) is 7.67. The Kier molecular flexibility index (Phi) is 11.6. The van der Waals surface area contributed by atoms with Crippen LogP contribution in [0.25, 0.3) is 0 Å². The number of likely N-dealkylation sites (tertiary alicyclic amines) is 1. The van der Waals surface area contributed by atoms with Gasteiger partial charge < -0.3 is 15.5 Å². The number of guanidine groups is 1. The number of aliphatic imine (C=N–C) groups is 1. The molecule has 1 heterocycles. The molecule has 0 radical (unpaired) electrons. The fraction of sp³-hybridized carbons (Fsp3) is 0.933. The van der Waals surface area contributed by atoms with E-state index < -0.39 is 0 Å². The fourth-order valence-electron chi connectivity index (χ4n) is 2.68. The monoisotopic (exact) mass is 396 g/mol. The summed E-state index contributed by atoms with van der Waals surface area (Å²) in [6.07, 6.45) is 4.93. The molecule has 20 heavy (non-hydrogen) atoms. The Bertz CT molecular complexity index is 267. The molecule has 0 bridgehead atoms. The summed E-state index contributed by atoms with van der Waals surface area (Å²) >= 11 is 0. The minimum absolute atomic E-state index is 0. The van der Waals surface area contributed by atoms with Crippen molar-refractivity contribution in [3.8, 4) is 0 Å². The first-order chi connectivity index (χ1) is 9.17. The summed E-state index contributed by atoms with van der Waals surface area (Å²) in [6, 6.07) is 0. The zero-order valence-corrected chi connectivity index (χ0v) is 15.8. The lowest BCUT2D eigenvalue weighted by Gasteiger charge is -2.31. The highest BCUT2D eigenvalue weighted by atomic mass is 127. The Morgan fingerprint density at radius 2 is 2.00 bits per heavy atom. The predicted octanol–water partition coefficient (Wildman–Crippen LogP) is 2.77. The van der Waals surface area contributed by atoms with Crippen molar-refractivity contribution in [2.45, 2.75) is 46.5 Å². The maximum absolute atomic E-state index is 6.07. The van der Waals surface area contributed by atoms with Crippen molar-refractivity contribution in [2.75, 3.05) is 39.3 Å². The second-order valence-corrected chi connectivity index (χ2v) is 5.67. The molecule has 1 aliphatic heterocycles. The second-order valence-electron chi connectivity index (χ2n) is 5.67. The molecule has 0 aliphatic carbocycles. The number of hydrogen-bond acceptors (Lipinski definition) is 2. The van der Waals surface area contributed by atoms with Gasteiger partial charge in [-0.25, -0.2) is 0 Å². The number of unbranched alkanes of at least 4 members (excludes halogenated alkanes) is 1. The van der Waals surface area contributed by atoms with Gasteiger partial charge in [0.1, 0.15) is 0 Å². The van der Waals surface area contributed by atoms with Crippen LogP contribution >= 0.6 is 24.0 Å². The van der Waals surface area contributed by atoms with Crippen molar-refractivity contribution in [1.29, 1.82) is 0 Å². The molecule has 0 aromatic rings. The van der Waals surface area contributed by atoms with E-state index >= 15 is 0 Å². The third-order valence-electron chi connectivity index (χ3n) is 4.03. The van der Waals surface area contributed by atoms with Gasteiger partial charge in [-0.1, -0.05) is 20.8 Å². The molecule has 2 N–H and O–H groups in total. The highest BCUT2D eigenvalue weighted by molar-refractivity contribution is 14.0. The van der Waals surface area contributed by atoms with Gasteiger partial charge in [-0.15, -0.1) is 24.0 Å². The lowest BCUT2D eigenvalue weighted by molar-refractivity contribution is 0.270. The average molecular weight is 396 g/mol. The van der Waals surface area contributed by atoms with Crippen LogP contribution in [0.4, 0.5) is 0 Å². The quantitative estimate of drug-likeness (QED) is 0.312. The summed E-state index contributed by atoms with van der Waals surface area (Å²) < 4.78 is 0. The highest BCUT2D eigenvalue weighted by Crippen LogP contribution is 2.14. The molecule has 1 rings (SSSR count). The first-order valence-electron chi connectivity index (χ1n) is 7.94. The number of hydrogen-bond donors (Lipinski definition) is 1. The normalized spacial score (nSPS) is 20.1. The van der Waals surface area contributed by atoms with Crippen LogP contribution in [0.2, 0.25) is 0 Å². The van der Waals surface area contributed by atoms with Crippen LogP contribution in [0, 0.1) is 5.92 Å². The van der Waals surface area contributed by atoms with Crippen LogP contribution in [-0.2, 0) is 0 Å². The zero-order chi connectivity index (χ0) is 14.1. The Labute approximate surface area is 142 Å². The van der Waals surface area contributed by atoms with Crippen LogP contribution < -0.4 is 5.73 Å². The fourth-order valence-corrected chi connectivity index (χ4v) is 2.68. The van der Waals surface area contributed by atoms with Gasteiger partial charge in [0.2, 0.25) is 0 Å². The van der Waals surface area contributed by atoms with E-state index in [1.54, 1.807) is 0 Å². The van der Waals surface area contributed by atoms with E-state index in [2.05, 4.69) is 35.6 Å². The van der Waals surface area contributed by atoms with Gasteiger partial charge >= 0.3 is 0 Å². The molecule has 0 spiro atoms. The third-order valence-corrected chi connectivity index (χ3v) is 4.03. The van der Waals surface area contributed by atoms with Crippen molar-refractivity contribution < 1.29 is 0 Å². The SMILES string of the molecule is CCN(CC)CCCCN=C(N)N1CCCC(C)C1.I. The minimum atomic E-state index is 0. The van der Waals surface area contributed by atoms with Crippen molar-refractivity contribution in [2.24, 2.45) is 16.6 Å². The zero-order valence-electron chi connectivity index (χ0n) is 13.5. The molecule has 4 nitrogen and oxygen atoms in total. The molecule has 5 heteroatoms. The Morgan fingerprint density at radius 3 is 2.60 bits per heavy atom. The second kappa shape index (κ2) is 11.6. The summed E-state index contributed by atoms with van der Waals surface area (Å²) in [5.41, 5.74) is 6.07. The molecule has 1 unspecified atom stereocenters. The first-order valence-corrected chi connectivity index (χ1v) is 7.94. The average Bonchev–Trinajstić information content (AvgIpc) is 2.42. The summed E-state index contributed by atoms with van der Waals surface area (Å²) in [5.74, 6) is 1.51. The van der Waals surface area contributed by atoms with Crippen LogP contribution in [0.5, 0.6) is 0 Å². The standard InChI is InChI=1S/C15H32N4.HI/c1-4-18(5-2)11-7-6-10-17-15(16)19-12-8-9-14(3)13-19;/h14H,4-13H2,1-3H3,(H2,16,17);1H. The highest BCUT2D eigenvalue weighted by Gasteiger charge is 2.17. The summed E-state index contributed by atoms with van der Waals surface area (Å²) in [4.78, 5) is 9.24. The van der Waals surface area contributed by atoms with E-state index in [-0.39, 0.29) is 24.0 Å². The number of nitrogens with two attached hydrogens (primary N) is 1. The molecule has 120 valence electrons. The number of rotatable bonds is 7. The van der Waals surface area contributed by atoms with Crippen LogP contribution in [0.15, 0.2) is 4.99 Å². The topological polar surface area (TPSA) is 44.9 Å². The largest absolute Gasteiger partial charge is 0.370 e. The van der Waals surface area contributed by atoms with Crippen LogP contribution in [0.1, 0.15) is 46.5 Å². The summed E-state index contributed by atoms with van der Waals surface area (Å²) in [6.45, 7) is 13.2. The van der Waals surface area contributed by atoms with Gasteiger partial charge in [-0.05, 0) is 51.2 Å². The Hall–Kier alpha value is -0.0400. The number of piperidine rings is 1. The van der Waals surface area contributed by atoms with E-state index in [9.17, 15) is 0 Å². The first kappa shape index (κ1) is 20.0. The molecular weight excluding hydrogens is 363 g/mol. The van der Waals surface area contributed by atoms with Crippen molar-refractivity contribution >= 4 is 29.9 Å². The van der Waals surface area contributed by atoms with Gasteiger partial charge in [0, 0.05) is 19.6 Å². The maximum Gasteiger partial charge on any atom is 0.191 e. The van der Waals surface area contributed by atoms with Crippen molar-refractivity contribution in [1.82, 2.24) is 9.80 Å². The Balaban J connectivity index is 0.00000361. The molecular formula is C15H33IN4. The van der Waals surface area contributed by atoms with E-state index in [1.165, 1.54) is 25.8 Å². The molecule has 1 saturated heterocycles. The van der Waals surface area contributed by atoms with E-state index in [0.717, 1.165) is 51.0 Å². The molecule has 1 fully saturated rings. The van der Waals surface area contributed by atoms with Gasteiger partial charge in [0.05, 0.1) is 0 Å². The van der Waals surface area contributed by atoms with Gasteiger partial charge in [0.25, 0.3) is 0 Å². The number of halogens is 1. The van der Waals surface area contributed by atoms with Crippen LogP contribution in [-0.4, -0.2) is 55.0 Å². The van der Waals surface area contributed by atoms with Gasteiger partial charge in [-0.3, -0.25) is 4.99 Å². The summed E-state index contributed by atoms with van der Waals surface area (Å²) in [7, 11) is 0. The lowest BCUT2D eigenvalue weighted by atomic mass is 10.0. The van der Waals surface area contributed by atoms with Gasteiger partial charge in [-0.2, -0.15) is 0 Å². The molecule has 0 saturated carbocycles. The van der Waals surface area contributed by atoms with Crippen molar-refractivity contribution in [3.05, 3.63) is 0 Å². The lowest BCUT2D eigenvalue weighted by Crippen LogP contribution is -2.43. The molecule has 1 atom stereocenters. The summed E-state index contributed by atoms with van der Waals surface area (Å²) in [5, 5.41) is 0. The molecule has 0 aromatic heterocycles. The van der Waals surface area contributed by atoms with E-state index in [1.807, 2.05) is 0 Å². The van der Waals surface area contributed by atoms with E-state index in [4.69, 9.17) is 5.73 Å². The molecule has 1 aliphatic rings. The smallest absolute Gasteiger partial charge is 0.191 e. The predicted molar refractivity (Wildman–Crippen MR) is 98.9 cm³/mol. The van der Waals surface area contributed by atoms with Crippen molar-refractivity contribution in [3.63, 3.8) is 0 Å². The minimum Gasteiger partial charge on any atom is -0.370 e. The van der Waals surface area contributed by atoms with E-state index in [0.29, 0.717) is 0 Å². The Morgan fingerprint density at radius 1 is 1.30 bits per heavy atom. The van der Waals surface area contributed by atoms with Crippen LogP contribution in [0.3, 0.4) is 0 Å². The number of nitrogens with zero attached hydrogens (tertiary/aromatic N) is 3. The molecule has 0 aromatic carbocycles. The van der Waals surface area contributed by atoms with Gasteiger partial charge in [0.15, 0.2) is 5.96 Å². The molecule has 0 amide bonds. The maximum atomic E-state index is 6.07.